The molecule has 2 aliphatic heterocycles. The highest BCUT2D eigenvalue weighted by molar-refractivity contribution is 6.05. The van der Waals surface area contributed by atoms with Crippen LogP contribution in [0.1, 0.15) is 12.0 Å². The van der Waals surface area contributed by atoms with Gasteiger partial charge in [-0.1, -0.05) is 11.8 Å². The van der Waals surface area contributed by atoms with Crippen molar-refractivity contribution in [1.82, 2.24) is 24.5 Å². The number of carbonyl (C=O) groups excluding carboxylic acids is 2. The van der Waals surface area contributed by atoms with Gasteiger partial charge in [0.15, 0.2) is 5.65 Å². The van der Waals surface area contributed by atoms with E-state index in [9.17, 15) is 9.59 Å². The third-order valence-corrected chi connectivity index (χ3v) is 4.97. The van der Waals surface area contributed by atoms with Gasteiger partial charge in [0, 0.05) is 45.3 Å². The van der Waals surface area contributed by atoms with Crippen molar-refractivity contribution in [2.45, 2.75) is 6.42 Å². The fraction of sp³-hybridized carbons (Fsp3) is 0.421. The molecule has 27 heavy (non-hydrogen) atoms. The van der Waals surface area contributed by atoms with Crippen molar-refractivity contribution in [1.29, 1.82) is 0 Å². The lowest BCUT2D eigenvalue weighted by molar-refractivity contribution is -0.120. The maximum atomic E-state index is 12.1. The van der Waals surface area contributed by atoms with Gasteiger partial charge in [-0.05, 0) is 19.2 Å². The van der Waals surface area contributed by atoms with E-state index in [0.29, 0.717) is 18.0 Å². The molecule has 0 aliphatic carbocycles. The molecule has 3 amide bonds. The second kappa shape index (κ2) is 7.39. The Kier molecular flexibility index (Phi) is 4.79. The van der Waals surface area contributed by atoms with E-state index in [0.717, 1.165) is 38.3 Å². The summed E-state index contributed by atoms with van der Waals surface area (Å²) in [6.07, 6.45) is 3.78. The topological polar surface area (TPSA) is 73.2 Å². The molecule has 0 radical (unpaired) electrons. The number of anilines is 1. The molecule has 2 fully saturated rings. The lowest BCUT2D eigenvalue weighted by atomic mass is 10.2. The number of likely N-dealkylation sites (N-methyl/N-ethyl adjacent to an activating group) is 1. The Balaban J connectivity index is 1.54. The highest BCUT2D eigenvalue weighted by Gasteiger charge is 2.26. The van der Waals surface area contributed by atoms with Crippen LogP contribution in [-0.4, -0.2) is 77.4 Å². The first-order valence-corrected chi connectivity index (χ1v) is 9.09. The zero-order chi connectivity index (χ0) is 18.8. The fourth-order valence-electron chi connectivity index (χ4n) is 3.33. The first-order chi connectivity index (χ1) is 13.1. The molecular weight excluding hydrogens is 344 g/mol. The molecule has 4 rings (SSSR count). The Bertz CT molecular complexity index is 933. The van der Waals surface area contributed by atoms with E-state index in [4.69, 9.17) is 0 Å². The van der Waals surface area contributed by atoms with E-state index in [2.05, 4.69) is 39.0 Å². The first-order valence-electron chi connectivity index (χ1n) is 9.09. The Morgan fingerprint density at radius 1 is 1.19 bits per heavy atom. The van der Waals surface area contributed by atoms with Crippen molar-refractivity contribution in [3.63, 3.8) is 0 Å². The minimum Gasteiger partial charge on any atom is -0.304 e. The van der Waals surface area contributed by atoms with E-state index in [-0.39, 0.29) is 12.3 Å². The molecule has 2 aliphatic rings. The highest BCUT2D eigenvalue weighted by atomic mass is 16.2. The average molecular weight is 366 g/mol. The standard InChI is InChI=1S/C19H22N6O2/c1-22-10-12-23(13-11-22)7-2-4-15-5-3-8-24-17(14-20-18(15)24)25-9-6-16(26)21-19(25)27/h3,5,8,14H,6-7,9-13H2,1H3,(H,21,26,27). The van der Waals surface area contributed by atoms with E-state index in [1.165, 1.54) is 4.90 Å². The van der Waals surface area contributed by atoms with Gasteiger partial charge >= 0.3 is 6.03 Å². The molecule has 8 heteroatoms. The molecule has 0 unspecified atom stereocenters. The quantitative estimate of drug-likeness (QED) is 0.778. The number of fused-ring (bicyclic) bond motifs is 1. The average Bonchev–Trinajstić information content (AvgIpc) is 3.08. The molecule has 2 saturated heterocycles. The number of hydrogen-bond donors (Lipinski definition) is 1. The number of imidazole rings is 1. The third kappa shape index (κ3) is 3.65. The molecule has 140 valence electrons. The van der Waals surface area contributed by atoms with Crippen molar-refractivity contribution >= 4 is 23.4 Å². The zero-order valence-corrected chi connectivity index (χ0v) is 15.3. The van der Waals surface area contributed by atoms with Crippen molar-refractivity contribution in [2.75, 3.05) is 51.2 Å². The van der Waals surface area contributed by atoms with Crippen LogP contribution in [0.2, 0.25) is 0 Å². The van der Waals surface area contributed by atoms with Gasteiger partial charge in [0.25, 0.3) is 0 Å². The van der Waals surface area contributed by atoms with Crippen molar-refractivity contribution < 1.29 is 9.59 Å². The Hall–Kier alpha value is -2.89. The fourth-order valence-corrected chi connectivity index (χ4v) is 3.33. The van der Waals surface area contributed by atoms with Crippen LogP contribution < -0.4 is 10.2 Å². The van der Waals surface area contributed by atoms with Gasteiger partial charge in [-0.15, -0.1) is 0 Å². The Morgan fingerprint density at radius 3 is 2.78 bits per heavy atom. The SMILES string of the molecule is CN1CCN(CC#Cc2cccn3c(N4CCC(=O)NC4=O)cnc23)CC1. The number of aromatic nitrogens is 2. The molecule has 0 bridgehead atoms. The lowest BCUT2D eigenvalue weighted by Crippen LogP contribution is -2.50. The number of pyridine rings is 1. The van der Waals surface area contributed by atoms with Crippen molar-refractivity contribution in [3.05, 3.63) is 30.1 Å². The minimum absolute atomic E-state index is 0.250. The summed E-state index contributed by atoms with van der Waals surface area (Å²) in [4.78, 5) is 34.1. The number of carbonyl (C=O) groups is 2. The second-order valence-corrected chi connectivity index (χ2v) is 6.87. The second-order valence-electron chi connectivity index (χ2n) is 6.87. The van der Waals surface area contributed by atoms with Crippen LogP contribution in [-0.2, 0) is 4.79 Å². The zero-order valence-electron chi connectivity index (χ0n) is 15.3. The van der Waals surface area contributed by atoms with Gasteiger partial charge in [0.05, 0.1) is 18.3 Å². The third-order valence-electron chi connectivity index (χ3n) is 4.97. The number of piperazine rings is 1. The Labute approximate surface area is 157 Å². The summed E-state index contributed by atoms with van der Waals surface area (Å²) >= 11 is 0. The van der Waals surface area contributed by atoms with Crippen LogP contribution in [0.4, 0.5) is 10.6 Å². The molecule has 8 nitrogen and oxygen atoms in total. The Morgan fingerprint density at radius 2 is 2.00 bits per heavy atom. The van der Waals surface area contributed by atoms with Gasteiger partial charge in [0.2, 0.25) is 5.91 Å². The van der Waals surface area contributed by atoms with Gasteiger partial charge in [-0.2, -0.15) is 0 Å². The van der Waals surface area contributed by atoms with E-state index in [1.54, 1.807) is 6.20 Å². The van der Waals surface area contributed by atoms with Crippen LogP contribution in [0, 0.1) is 11.8 Å². The number of hydrogen-bond acceptors (Lipinski definition) is 5. The highest BCUT2D eigenvalue weighted by Crippen LogP contribution is 2.20. The molecule has 2 aromatic rings. The summed E-state index contributed by atoms with van der Waals surface area (Å²) in [6, 6.07) is 3.41. The molecule has 0 spiro atoms. The number of amides is 3. The summed E-state index contributed by atoms with van der Waals surface area (Å²) in [7, 11) is 2.14. The molecule has 1 N–H and O–H groups in total. The van der Waals surface area contributed by atoms with Gasteiger partial charge < -0.3 is 4.90 Å². The smallest absolute Gasteiger partial charge is 0.304 e. The van der Waals surface area contributed by atoms with E-state index in [1.807, 2.05) is 22.7 Å². The minimum atomic E-state index is -0.417. The monoisotopic (exact) mass is 366 g/mol. The van der Waals surface area contributed by atoms with Crippen LogP contribution in [0.25, 0.3) is 5.65 Å². The number of nitrogens with zero attached hydrogens (tertiary/aromatic N) is 5. The van der Waals surface area contributed by atoms with Crippen LogP contribution in [0.15, 0.2) is 24.5 Å². The van der Waals surface area contributed by atoms with E-state index >= 15 is 0 Å². The summed E-state index contributed by atoms with van der Waals surface area (Å²) < 4.78 is 1.84. The maximum Gasteiger partial charge on any atom is 0.329 e. The summed E-state index contributed by atoms with van der Waals surface area (Å²) in [5, 5.41) is 2.34. The van der Waals surface area contributed by atoms with Crippen molar-refractivity contribution in [3.8, 4) is 11.8 Å². The largest absolute Gasteiger partial charge is 0.329 e. The summed E-state index contributed by atoms with van der Waals surface area (Å²) in [5.74, 6) is 6.85. The van der Waals surface area contributed by atoms with Crippen LogP contribution in [0.5, 0.6) is 0 Å². The van der Waals surface area contributed by atoms with Crippen molar-refractivity contribution in [2.24, 2.45) is 0 Å². The van der Waals surface area contributed by atoms with Gasteiger partial charge in [-0.3, -0.25) is 24.3 Å². The molecule has 0 aromatic carbocycles. The molecule has 2 aromatic heterocycles. The molecule has 0 atom stereocenters. The van der Waals surface area contributed by atoms with Crippen LogP contribution in [0.3, 0.4) is 0 Å². The van der Waals surface area contributed by atoms with Gasteiger partial charge in [-0.25, -0.2) is 9.78 Å². The normalized spacial score (nSPS) is 19.1. The van der Waals surface area contributed by atoms with E-state index < -0.39 is 6.03 Å². The number of urea groups is 1. The maximum absolute atomic E-state index is 12.1. The van der Waals surface area contributed by atoms with Crippen LogP contribution >= 0.6 is 0 Å². The molecule has 0 saturated carbocycles. The molecule has 4 heterocycles. The number of rotatable bonds is 2. The first kappa shape index (κ1) is 17.5. The molecular formula is C19H22N6O2. The predicted octanol–water partition coefficient (Wildman–Crippen LogP) is 0.380. The number of nitrogens with one attached hydrogen (secondary N) is 1. The summed E-state index contributed by atoms with van der Waals surface area (Å²) in [5.41, 5.74) is 1.54. The predicted molar refractivity (Wildman–Crippen MR) is 102 cm³/mol. The lowest BCUT2D eigenvalue weighted by Gasteiger charge is -2.30. The number of imide groups is 1. The van der Waals surface area contributed by atoms with Gasteiger partial charge in [0.1, 0.15) is 5.82 Å². The summed E-state index contributed by atoms with van der Waals surface area (Å²) in [6.45, 7) is 5.29.